The molecule has 0 aliphatic carbocycles. The largest absolute Gasteiger partial charge is 0.463 e. The van der Waals surface area contributed by atoms with Crippen LogP contribution in [0.5, 0.6) is 0 Å². The van der Waals surface area contributed by atoms with E-state index in [1.807, 2.05) is 36.6 Å². The number of allylic oxidation sites excluding steroid dienone is 1. The van der Waals surface area contributed by atoms with Gasteiger partial charge in [-0.2, -0.15) is 13.2 Å². The second kappa shape index (κ2) is 10.5. The van der Waals surface area contributed by atoms with Gasteiger partial charge in [0.1, 0.15) is 0 Å². The molecule has 1 aromatic carbocycles. The molecule has 1 aliphatic heterocycles. The molecule has 0 unspecified atom stereocenters. The summed E-state index contributed by atoms with van der Waals surface area (Å²) in [7, 11) is 0. The van der Waals surface area contributed by atoms with Crippen LogP contribution in [-0.2, 0) is 9.53 Å². The fourth-order valence-corrected chi connectivity index (χ4v) is 5.88. The van der Waals surface area contributed by atoms with Crippen molar-refractivity contribution >= 4 is 35.0 Å². The van der Waals surface area contributed by atoms with Crippen molar-refractivity contribution in [1.82, 2.24) is 14.1 Å². The third-order valence-corrected chi connectivity index (χ3v) is 7.68. The van der Waals surface area contributed by atoms with E-state index in [0.29, 0.717) is 10.6 Å². The predicted molar refractivity (Wildman–Crippen MR) is 145 cm³/mol. The zero-order valence-corrected chi connectivity index (χ0v) is 23.1. The maximum Gasteiger partial charge on any atom is 0.434 e. The van der Waals surface area contributed by atoms with E-state index in [1.54, 1.807) is 18.5 Å². The van der Waals surface area contributed by atoms with Gasteiger partial charge in [-0.25, -0.2) is 9.79 Å². The number of esters is 1. The zero-order chi connectivity index (χ0) is 28.8. The van der Waals surface area contributed by atoms with Crippen molar-refractivity contribution in [2.75, 3.05) is 6.61 Å². The Balaban J connectivity index is 1.77. The summed E-state index contributed by atoms with van der Waals surface area (Å²) in [6.07, 6.45) is 0.0192. The van der Waals surface area contributed by atoms with Crippen LogP contribution >= 0.6 is 22.9 Å². The third-order valence-electron chi connectivity index (χ3n) is 6.44. The first-order valence-electron chi connectivity index (χ1n) is 12.2. The molecule has 0 amide bonds. The first-order chi connectivity index (χ1) is 19.0. The Labute approximate surface area is 235 Å². The second-order valence-electron chi connectivity index (χ2n) is 8.99. The van der Waals surface area contributed by atoms with Crippen molar-refractivity contribution in [1.29, 1.82) is 0 Å². The van der Waals surface area contributed by atoms with Gasteiger partial charge in [0.25, 0.3) is 5.56 Å². The SMILES string of the molecule is CCOC(=O)C1=C(C(F)(F)F)N=c2s/c(=C/c3cc(C)n(-c4cccnc4)c3C)c(=O)n2[C@H]1c1ccc(Cl)cc1. The van der Waals surface area contributed by atoms with Crippen LogP contribution in [0.4, 0.5) is 13.2 Å². The molecule has 4 heterocycles. The number of pyridine rings is 1. The summed E-state index contributed by atoms with van der Waals surface area (Å²) < 4.78 is 51.1. The number of carbonyl (C=O) groups excluding carboxylic acids is 1. The number of aryl methyl sites for hydroxylation is 1. The van der Waals surface area contributed by atoms with Crippen LogP contribution in [-0.4, -0.2) is 32.9 Å². The van der Waals surface area contributed by atoms with E-state index in [9.17, 15) is 22.8 Å². The van der Waals surface area contributed by atoms with Gasteiger partial charge in [0.2, 0.25) is 0 Å². The zero-order valence-electron chi connectivity index (χ0n) is 21.5. The van der Waals surface area contributed by atoms with Crippen LogP contribution in [0.25, 0.3) is 11.8 Å². The number of aromatic nitrogens is 3. The number of benzene rings is 1. The van der Waals surface area contributed by atoms with Crippen LogP contribution in [0.2, 0.25) is 5.02 Å². The van der Waals surface area contributed by atoms with Gasteiger partial charge in [-0.3, -0.25) is 14.3 Å². The molecule has 206 valence electrons. The minimum absolute atomic E-state index is 0.155. The summed E-state index contributed by atoms with van der Waals surface area (Å²) in [4.78, 5) is 34.5. The van der Waals surface area contributed by atoms with Crippen molar-refractivity contribution in [2.24, 2.45) is 4.99 Å². The summed E-state index contributed by atoms with van der Waals surface area (Å²) in [6, 6.07) is 10.1. The molecule has 1 atom stereocenters. The van der Waals surface area contributed by atoms with E-state index in [1.165, 1.54) is 31.2 Å². The van der Waals surface area contributed by atoms with Crippen LogP contribution in [0.15, 0.2) is 75.9 Å². The summed E-state index contributed by atoms with van der Waals surface area (Å²) in [6.45, 7) is 5.11. The monoisotopic (exact) mass is 586 g/mol. The summed E-state index contributed by atoms with van der Waals surface area (Å²) >= 11 is 6.84. The van der Waals surface area contributed by atoms with Crippen molar-refractivity contribution in [2.45, 2.75) is 33.0 Å². The average molecular weight is 587 g/mol. The number of ether oxygens (including phenoxy) is 1. The lowest BCUT2D eigenvalue weighted by Crippen LogP contribution is -2.41. The topological polar surface area (TPSA) is 78.5 Å². The predicted octanol–water partition coefficient (Wildman–Crippen LogP) is 4.80. The molecule has 1 aliphatic rings. The summed E-state index contributed by atoms with van der Waals surface area (Å²) in [5.74, 6) is -1.20. The van der Waals surface area contributed by atoms with E-state index in [2.05, 4.69) is 9.98 Å². The lowest BCUT2D eigenvalue weighted by atomic mass is 9.95. The van der Waals surface area contributed by atoms with Crippen molar-refractivity contribution in [3.05, 3.63) is 113 Å². The molecule has 40 heavy (non-hydrogen) atoms. The molecule has 5 rings (SSSR count). The molecule has 0 bridgehead atoms. The number of halogens is 4. The van der Waals surface area contributed by atoms with Crippen molar-refractivity contribution in [3.8, 4) is 5.69 Å². The molecule has 0 N–H and O–H groups in total. The van der Waals surface area contributed by atoms with E-state index >= 15 is 0 Å². The lowest BCUT2D eigenvalue weighted by molar-refractivity contribution is -0.140. The standard InChI is InChI=1S/C28H22ClF3N4O3S/c1-4-39-26(38)22-23(17-7-9-19(29)10-8-17)36-25(37)21(40-27(36)34-24(22)28(30,31)32)13-18-12-15(2)35(16(18)3)20-6-5-11-33-14-20/h5-14,23H,4H2,1-3H3/b21-13+/t23-/m0/s1. The van der Waals surface area contributed by atoms with Gasteiger partial charge in [0.15, 0.2) is 10.5 Å². The van der Waals surface area contributed by atoms with Gasteiger partial charge in [0.05, 0.1) is 34.6 Å². The smallest absolute Gasteiger partial charge is 0.434 e. The molecule has 0 spiro atoms. The highest BCUT2D eigenvalue weighted by Crippen LogP contribution is 2.38. The number of alkyl halides is 3. The Bertz CT molecular complexity index is 1820. The second-order valence-corrected chi connectivity index (χ2v) is 10.4. The summed E-state index contributed by atoms with van der Waals surface area (Å²) in [5.41, 5.74) is 0.746. The molecule has 0 saturated heterocycles. The fourth-order valence-electron chi connectivity index (χ4n) is 4.76. The van der Waals surface area contributed by atoms with Gasteiger partial charge in [0, 0.05) is 22.6 Å². The first kappa shape index (κ1) is 27.6. The van der Waals surface area contributed by atoms with Crippen molar-refractivity contribution in [3.63, 3.8) is 0 Å². The van der Waals surface area contributed by atoms with Gasteiger partial charge in [-0.1, -0.05) is 35.1 Å². The number of hydrogen-bond donors (Lipinski definition) is 0. The van der Waals surface area contributed by atoms with Crippen LogP contribution < -0.4 is 14.9 Å². The van der Waals surface area contributed by atoms with Crippen molar-refractivity contribution < 1.29 is 22.7 Å². The number of hydrogen-bond acceptors (Lipinski definition) is 6. The average Bonchev–Trinajstić information content (AvgIpc) is 3.37. The molecule has 3 aromatic heterocycles. The fraction of sp³-hybridized carbons (Fsp3) is 0.214. The van der Waals surface area contributed by atoms with E-state index in [4.69, 9.17) is 16.3 Å². The highest BCUT2D eigenvalue weighted by Gasteiger charge is 2.45. The molecular weight excluding hydrogens is 565 g/mol. The highest BCUT2D eigenvalue weighted by atomic mass is 35.5. The van der Waals surface area contributed by atoms with Crippen LogP contribution in [0.1, 0.15) is 35.5 Å². The quantitative estimate of drug-likeness (QED) is 0.315. The van der Waals surface area contributed by atoms with E-state index in [0.717, 1.165) is 33.0 Å². The molecule has 0 fully saturated rings. The van der Waals surface area contributed by atoms with Gasteiger partial charge < -0.3 is 9.30 Å². The number of fused-ring (bicyclic) bond motifs is 1. The number of thiazole rings is 1. The van der Waals surface area contributed by atoms with Crippen LogP contribution in [0.3, 0.4) is 0 Å². The molecule has 12 heteroatoms. The minimum Gasteiger partial charge on any atom is -0.463 e. The van der Waals surface area contributed by atoms with E-state index in [-0.39, 0.29) is 21.5 Å². The number of rotatable bonds is 5. The van der Waals surface area contributed by atoms with Gasteiger partial charge >= 0.3 is 12.1 Å². The normalized spacial score (nSPS) is 15.7. The van der Waals surface area contributed by atoms with Gasteiger partial charge in [-0.05, 0) is 68.3 Å². The molecule has 4 aromatic rings. The molecule has 0 radical (unpaired) electrons. The first-order valence-corrected chi connectivity index (χ1v) is 13.4. The minimum atomic E-state index is -4.98. The molecule has 7 nitrogen and oxygen atoms in total. The highest BCUT2D eigenvalue weighted by molar-refractivity contribution is 7.07. The summed E-state index contributed by atoms with van der Waals surface area (Å²) in [5, 5.41) is 0.345. The Kier molecular flexibility index (Phi) is 7.28. The molecule has 0 saturated carbocycles. The van der Waals surface area contributed by atoms with Gasteiger partial charge in [-0.15, -0.1) is 0 Å². The Morgan fingerprint density at radius 1 is 1.20 bits per heavy atom. The number of carbonyl (C=O) groups is 1. The number of nitrogens with zero attached hydrogens (tertiary/aromatic N) is 4. The molecular formula is C28H22ClF3N4O3S. The Morgan fingerprint density at radius 2 is 1.93 bits per heavy atom. The Hall–Kier alpha value is -3.96. The maximum atomic E-state index is 14.3. The third kappa shape index (κ3) is 4.90. The van der Waals surface area contributed by atoms with Crippen LogP contribution in [0, 0.1) is 13.8 Å². The maximum absolute atomic E-state index is 14.3. The van der Waals surface area contributed by atoms with E-state index < -0.39 is 35.0 Å². The Morgan fingerprint density at radius 3 is 2.55 bits per heavy atom. The lowest BCUT2D eigenvalue weighted by Gasteiger charge is -2.26.